The van der Waals surface area contributed by atoms with Gasteiger partial charge in [0, 0.05) is 6.42 Å². The zero-order valence-corrected chi connectivity index (χ0v) is 24.6. The molecule has 40 heavy (non-hydrogen) atoms. The molecule has 0 radical (unpaired) electrons. The summed E-state index contributed by atoms with van der Waals surface area (Å²) >= 11 is 0. The molecule has 0 aromatic heterocycles. The molecule has 2 aromatic carbocycles. The van der Waals surface area contributed by atoms with Crippen molar-refractivity contribution >= 4 is 19.7 Å². The fourth-order valence-corrected chi connectivity index (χ4v) is 7.14. The summed E-state index contributed by atoms with van der Waals surface area (Å²) < 4.78 is 127. The van der Waals surface area contributed by atoms with Crippen molar-refractivity contribution in [2.45, 2.75) is 80.1 Å². The fraction of sp³-hybridized carbons (Fsp3) is 0.556. The normalized spacial score (nSPS) is 13.8. The molecule has 1 aliphatic rings. The first kappa shape index (κ1) is 34.1. The van der Waals surface area contributed by atoms with Gasteiger partial charge in [0.15, 0.2) is 0 Å². The molecular weight excluding hydrogens is 580 g/mol. The maximum absolute atomic E-state index is 13.1. The molecular formula is C27H36F6NO4S2+. The van der Waals surface area contributed by atoms with Crippen molar-refractivity contribution in [1.82, 2.24) is 0 Å². The number of sulfone groups is 2. The highest BCUT2D eigenvalue weighted by Gasteiger charge is 2.55. The van der Waals surface area contributed by atoms with Crippen molar-refractivity contribution in [3.63, 3.8) is 0 Å². The Morgan fingerprint density at radius 1 is 0.725 bits per heavy atom. The van der Waals surface area contributed by atoms with Crippen LogP contribution in [0.2, 0.25) is 0 Å². The Morgan fingerprint density at radius 2 is 1.27 bits per heavy atom. The summed E-state index contributed by atoms with van der Waals surface area (Å²) in [6.07, 6.45) is 6.61. The van der Waals surface area contributed by atoms with Crippen LogP contribution in [0, 0.1) is 0 Å². The van der Waals surface area contributed by atoms with Gasteiger partial charge in [0.25, 0.3) is 19.7 Å². The first-order chi connectivity index (χ1) is 18.4. The van der Waals surface area contributed by atoms with Crippen LogP contribution in [0.3, 0.4) is 0 Å². The third kappa shape index (κ3) is 7.20. The summed E-state index contributed by atoms with van der Waals surface area (Å²) in [6.45, 7) is 10.8. The van der Waals surface area contributed by atoms with Crippen molar-refractivity contribution in [3.05, 3.63) is 47.5 Å². The Kier molecular flexibility index (Phi) is 10.9. The molecule has 0 atom stereocenters. The maximum atomic E-state index is 13.1. The third-order valence-electron chi connectivity index (χ3n) is 7.40. The number of benzene rings is 2. The highest BCUT2D eigenvalue weighted by Crippen LogP contribution is 2.47. The number of rotatable bonds is 10. The maximum Gasteiger partial charge on any atom is 0.501 e. The minimum Gasteiger partial charge on any atom is -0.327 e. The molecule has 0 saturated heterocycles. The molecule has 0 N–H and O–H groups in total. The molecule has 2 aromatic rings. The van der Waals surface area contributed by atoms with Crippen LogP contribution in [0.15, 0.2) is 46.2 Å². The second-order valence-electron chi connectivity index (χ2n) is 10.0. The summed E-state index contributed by atoms with van der Waals surface area (Å²) in [5, 5.41) is 0. The van der Waals surface area contributed by atoms with Gasteiger partial charge in [0.2, 0.25) is 0 Å². The Bertz CT molecular complexity index is 1380. The molecule has 0 spiro atoms. The number of fused-ring (bicyclic) bond motifs is 3. The van der Waals surface area contributed by atoms with Crippen molar-refractivity contribution in [2.75, 3.05) is 26.7 Å². The zero-order valence-electron chi connectivity index (χ0n) is 23.0. The van der Waals surface area contributed by atoms with Crippen LogP contribution >= 0.6 is 0 Å². The number of hydrogen-bond acceptors (Lipinski definition) is 4. The molecule has 0 fully saturated rings. The standard InChI is InChI=1S/C15H8F6O4S2.C12H28N/c16-14(17,18)26(22,23)12-6-5-10-9-4-2-1-3-8(9)7-11(10)13(12)27(24,25)15(19,20)21;1-5-8-9-10-11-12-13(4,6-2)7-3/h1-6H,7H2;5-12H2,1-4H3/q;+1. The van der Waals surface area contributed by atoms with Gasteiger partial charge in [0.05, 0.1) is 36.5 Å². The first-order valence-corrected chi connectivity index (χ1v) is 16.0. The van der Waals surface area contributed by atoms with Gasteiger partial charge in [0.1, 0.15) is 0 Å². The van der Waals surface area contributed by atoms with Crippen LogP contribution in [-0.2, 0) is 26.1 Å². The summed E-state index contributed by atoms with van der Waals surface area (Å²) in [7, 11) is -10.3. The van der Waals surface area contributed by atoms with Crippen molar-refractivity contribution in [2.24, 2.45) is 0 Å². The number of unbranched alkanes of at least 4 members (excludes halogenated alkanes) is 4. The Balaban J connectivity index is 0.000000366. The lowest BCUT2D eigenvalue weighted by Gasteiger charge is -2.32. The van der Waals surface area contributed by atoms with Crippen molar-refractivity contribution in [3.8, 4) is 11.1 Å². The van der Waals surface area contributed by atoms with E-state index in [-0.39, 0.29) is 11.6 Å². The number of quaternary nitrogens is 1. The molecule has 0 aliphatic heterocycles. The van der Waals surface area contributed by atoms with E-state index in [0.29, 0.717) is 11.1 Å². The molecule has 1 aliphatic carbocycles. The minimum atomic E-state index is -6.37. The summed E-state index contributed by atoms with van der Waals surface area (Å²) in [5.41, 5.74) is -11.9. The number of halogens is 6. The Labute approximate surface area is 232 Å². The van der Waals surface area contributed by atoms with E-state index in [9.17, 15) is 43.2 Å². The largest absolute Gasteiger partial charge is 0.501 e. The third-order valence-corrected chi connectivity index (χ3v) is 10.7. The first-order valence-electron chi connectivity index (χ1n) is 13.1. The van der Waals surface area contributed by atoms with E-state index in [2.05, 4.69) is 27.8 Å². The van der Waals surface area contributed by atoms with Gasteiger partial charge in [-0.15, -0.1) is 0 Å². The quantitative estimate of drug-likeness (QED) is 0.136. The monoisotopic (exact) mass is 616 g/mol. The molecule has 5 nitrogen and oxygen atoms in total. The van der Waals surface area contributed by atoms with Crippen LogP contribution in [-0.4, -0.2) is 59.0 Å². The van der Waals surface area contributed by atoms with Crippen molar-refractivity contribution < 1.29 is 47.7 Å². The lowest BCUT2D eigenvalue weighted by molar-refractivity contribution is -0.906. The molecule has 0 heterocycles. The van der Waals surface area contributed by atoms with E-state index in [1.165, 1.54) is 80.5 Å². The molecule has 226 valence electrons. The lowest BCUT2D eigenvalue weighted by Crippen LogP contribution is -2.44. The smallest absolute Gasteiger partial charge is 0.327 e. The second kappa shape index (κ2) is 12.8. The highest BCUT2D eigenvalue weighted by molar-refractivity contribution is 7.95. The van der Waals surface area contributed by atoms with Gasteiger partial charge in [-0.2, -0.15) is 26.3 Å². The van der Waals surface area contributed by atoms with Crippen LogP contribution in [0.4, 0.5) is 26.3 Å². The van der Waals surface area contributed by atoms with Crippen LogP contribution in [0.25, 0.3) is 11.1 Å². The molecule has 0 bridgehead atoms. The van der Waals surface area contributed by atoms with Gasteiger partial charge in [-0.05, 0) is 55.0 Å². The zero-order chi connectivity index (χ0) is 30.6. The molecule has 0 amide bonds. The minimum absolute atomic E-state index is 0.0606. The van der Waals surface area contributed by atoms with E-state index in [0.717, 1.165) is 6.07 Å². The highest BCUT2D eigenvalue weighted by atomic mass is 32.2. The van der Waals surface area contributed by atoms with Crippen LogP contribution < -0.4 is 0 Å². The van der Waals surface area contributed by atoms with Gasteiger partial charge < -0.3 is 4.48 Å². The van der Waals surface area contributed by atoms with E-state index in [4.69, 9.17) is 0 Å². The Morgan fingerprint density at radius 3 is 1.80 bits per heavy atom. The Hall–Kier alpha value is -2.12. The average Bonchev–Trinajstić information content (AvgIpc) is 3.25. The number of nitrogens with zero attached hydrogens (tertiary/aromatic N) is 1. The topological polar surface area (TPSA) is 68.3 Å². The van der Waals surface area contributed by atoms with E-state index < -0.39 is 52.5 Å². The summed E-state index contributed by atoms with van der Waals surface area (Å²) in [6, 6.07) is 7.06. The average molecular weight is 617 g/mol. The predicted molar refractivity (Wildman–Crippen MR) is 142 cm³/mol. The SMILES string of the molecule is CCCCCCC[N+](C)(CC)CC.O=S(=O)(c1ccc2c(c1S(=O)(=O)C(F)(F)F)Cc1ccccc1-2)C(F)(F)F. The molecule has 0 saturated carbocycles. The number of alkyl halides is 6. The molecule has 3 rings (SSSR count). The fourth-order valence-electron chi connectivity index (χ4n) is 4.55. The summed E-state index contributed by atoms with van der Waals surface area (Å²) in [5.74, 6) is 0. The van der Waals surface area contributed by atoms with Gasteiger partial charge >= 0.3 is 11.0 Å². The van der Waals surface area contributed by atoms with Crippen molar-refractivity contribution in [1.29, 1.82) is 0 Å². The van der Waals surface area contributed by atoms with E-state index >= 15 is 0 Å². The van der Waals surface area contributed by atoms with E-state index in [1.807, 2.05) is 0 Å². The van der Waals surface area contributed by atoms with Gasteiger partial charge in [-0.1, -0.05) is 56.5 Å². The van der Waals surface area contributed by atoms with Crippen LogP contribution in [0.1, 0.15) is 64.0 Å². The number of hydrogen-bond donors (Lipinski definition) is 0. The summed E-state index contributed by atoms with van der Waals surface area (Å²) in [4.78, 5) is -3.81. The molecule has 0 unspecified atom stereocenters. The lowest BCUT2D eigenvalue weighted by atomic mass is 10.1. The van der Waals surface area contributed by atoms with Crippen LogP contribution in [0.5, 0.6) is 0 Å². The predicted octanol–water partition coefficient (Wildman–Crippen LogP) is 7.29. The van der Waals surface area contributed by atoms with E-state index in [1.54, 1.807) is 0 Å². The second-order valence-corrected chi connectivity index (χ2v) is 13.8. The molecule has 13 heteroatoms. The van der Waals surface area contributed by atoms with Gasteiger partial charge in [-0.3, -0.25) is 0 Å². The van der Waals surface area contributed by atoms with Gasteiger partial charge in [-0.25, -0.2) is 16.8 Å².